The molecule has 34 heteroatoms. The summed E-state index contributed by atoms with van der Waals surface area (Å²) in [6.07, 6.45) is 2.51. The molecule has 10 heterocycles. The number of hydrogen-bond acceptors (Lipinski definition) is 28. The Hall–Kier alpha value is -9.75. The lowest BCUT2D eigenvalue weighted by Gasteiger charge is -2.24. The highest BCUT2D eigenvalue weighted by Gasteiger charge is 2.49. The lowest BCUT2D eigenvalue weighted by Crippen LogP contribution is -2.52. The van der Waals surface area contributed by atoms with Gasteiger partial charge >= 0.3 is 0 Å². The number of phenols is 1. The van der Waals surface area contributed by atoms with Gasteiger partial charge in [-0.2, -0.15) is 0 Å². The first kappa shape index (κ1) is 60.4. The molecule has 9 aromatic rings. The Balaban J connectivity index is 0.000000145. The van der Waals surface area contributed by atoms with Gasteiger partial charge in [0.25, 0.3) is 11.8 Å². The number of nitrogens with two attached hydrogens (primary N) is 4. The number of benzene rings is 2. The minimum atomic E-state index is -1.20. The number of pyridine rings is 1. The van der Waals surface area contributed by atoms with E-state index in [1.807, 2.05) is 0 Å². The van der Waals surface area contributed by atoms with Crippen molar-refractivity contribution >= 4 is 68.7 Å². The van der Waals surface area contributed by atoms with Crippen LogP contribution in [0.2, 0.25) is 0 Å². The number of methoxy groups -OCH3 is 1. The van der Waals surface area contributed by atoms with Gasteiger partial charge in [-0.3, -0.25) is 33.1 Å². The van der Waals surface area contributed by atoms with E-state index in [4.69, 9.17) is 41.9 Å². The molecule has 0 aliphatic carbocycles. The van der Waals surface area contributed by atoms with Crippen molar-refractivity contribution in [1.29, 1.82) is 0 Å². The smallest absolute Gasteiger partial charge is 0.253 e. The zero-order chi connectivity index (χ0) is 61.6. The Kier molecular flexibility index (Phi) is 18.2. The highest BCUT2D eigenvalue weighted by Crippen LogP contribution is 2.35. The lowest BCUT2D eigenvalue weighted by atomic mass is 10.0. The molecule has 4 unspecified atom stereocenters. The highest BCUT2D eigenvalue weighted by atomic mass is 16.6. The van der Waals surface area contributed by atoms with Crippen molar-refractivity contribution < 1.29 is 69.1 Å². The second-order valence-corrected chi connectivity index (χ2v) is 19.9. The average Bonchev–Trinajstić information content (AvgIpc) is 1.87. The molecule has 87 heavy (non-hydrogen) atoms. The number of ether oxygens (including phenoxy) is 4. The molecule has 3 saturated heterocycles. The summed E-state index contributed by atoms with van der Waals surface area (Å²) < 4.78 is 27.1. The number of imidazole rings is 3. The minimum Gasteiger partial charge on any atom is -0.508 e. The monoisotopic (exact) mass is 1200 g/mol. The molecule has 3 aliphatic rings. The van der Waals surface area contributed by atoms with Crippen LogP contribution in [0.4, 0.5) is 17.5 Å². The van der Waals surface area contributed by atoms with E-state index in [-0.39, 0.29) is 29.6 Å². The van der Waals surface area contributed by atoms with Gasteiger partial charge in [0.1, 0.15) is 102 Å². The van der Waals surface area contributed by atoms with Gasteiger partial charge in [0.05, 0.1) is 57.5 Å². The maximum Gasteiger partial charge on any atom is 0.253 e. The number of carbonyl (C=O) groups is 3. The van der Waals surface area contributed by atoms with Crippen molar-refractivity contribution in [3.05, 3.63) is 128 Å². The Labute approximate surface area is 490 Å². The number of aromatic nitrogens is 13. The van der Waals surface area contributed by atoms with Gasteiger partial charge in [0.15, 0.2) is 53.1 Å². The molecule has 3 fully saturated rings. The Morgan fingerprint density at radius 1 is 0.586 bits per heavy atom. The van der Waals surface area contributed by atoms with Gasteiger partial charge in [0, 0.05) is 18.0 Å². The number of phenolic OH excluding ortho intramolecular Hbond substituents is 1. The summed E-state index contributed by atoms with van der Waals surface area (Å²) in [6, 6.07) is 12.6. The number of nitrogens with zero attached hydrogens (tertiary/aromatic N) is 13. The van der Waals surface area contributed by atoms with Crippen LogP contribution in [-0.2, 0) is 25.4 Å². The van der Waals surface area contributed by atoms with Gasteiger partial charge in [-0.05, 0) is 54.4 Å². The number of aliphatic hydroxyl groups is 6. The van der Waals surface area contributed by atoms with Crippen LogP contribution < -0.4 is 43.6 Å². The summed E-state index contributed by atoms with van der Waals surface area (Å²) in [4.78, 5) is 78.7. The van der Waals surface area contributed by atoms with Gasteiger partial charge in [-0.15, -0.1) is 0 Å². The molecule has 0 radical (unpaired) electrons. The molecule has 3 aliphatic heterocycles. The summed E-state index contributed by atoms with van der Waals surface area (Å²) in [7, 11) is 1.51. The minimum absolute atomic E-state index is 0.114. The Morgan fingerprint density at radius 2 is 1.01 bits per heavy atom. The van der Waals surface area contributed by atoms with Crippen molar-refractivity contribution in [3.63, 3.8) is 0 Å². The first-order valence-corrected chi connectivity index (χ1v) is 26.6. The molecule has 0 saturated carbocycles. The van der Waals surface area contributed by atoms with Crippen LogP contribution in [0, 0.1) is 0 Å². The quantitative estimate of drug-likeness (QED) is 0.0479. The van der Waals surface area contributed by atoms with E-state index in [0.29, 0.717) is 50.4 Å². The van der Waals surface area contributed by atoms with Crippen molar-refractivity contribution in [2.45, 2.75) is 85.9 Å². The molecular weight excluding hydrogens is 1140 g/mol. The fraction of sp³-hybridized carbons (Fsp3) is 0.340. The maximum atomic E-state index is 12.8. The van der Waals surface area contributed by atoms with E-state index in [1.165, 1.54) is 68.0 Å². The number of aliphatic hydroxyl groups excluding tert-OH is 6. The molecule has 2 aromatic carbocycles. The molecule has 456 valence electrons. The van der Waals surface area contributed by atoms with Crippen LogP contribution in [-0.4, -0.2) is 205 Å². The van der Waals surface area contributed by atoms with Crippen molar-refractivity contribution in [3.8, 4) is 11.5 Å². The van der Waals surface area contributed by atoms with Gasteiger partial charge < -0.3 is 93.6 Å². The molecule has 12 rings (SSSR count). The number of nitrogens with one attached hydrogen (secondary N) is 3. The number of anilines is 3. The average molecular weight is 1200 g/mol. The summed E-state index contributed by atoms with van der Waals surface area (Å²) in [5, 5.41) is 78.0. The molecule has 13 atom stereocenters. The van der Waals surface area contributed by atoms with Crippen LogP contribution >= 0.6 is 0 Å². The number of nitrogen functional groups attached to an aromatic ring is 3. The predicted octanol–water partition coefficient (Wildman–Crippen LogP) is -3.26. The molecular formula is C53H60N20O14. The molecule has 0 spiro atoms. The van der Waals surface area contributed by atoms with Gasteiger partial charge in [-0.25, -0.2) is 44.9 Å². The summed E-state index contributed by atoms with van der Waals surface area (Å²) in [5.41, 5.74) is 27.2. The van der Waals surface area contributed by atoms with Crippen molar-refractivity contribution in [2.75, 3.05) is 44.1 Å². The van der Waals surface area contributed by atoms with E-state index in [1.54, 1.807) is 63.9 Å². The molecule has 3 amide bonds. The second-order valence-electron chi connectivity index (χ2n) is 19.9. The SMILES string of the molecule is COc1cccc(C(=O)N[C@H]2C(O)[C@@H](CO)O[C@H]2n2cnc3c(N)ncnc32)c1.Nc1ncnc2c1ncn2[C@@H]1O[C@H](CO)C(O)[C@@H]1NC(=O)C(N)Cc1ccc(O)cc1.Nc1ncnc2c1ncn2[C@@H]1O[C@H](CO)C(O)[C@@H]1NC(=O)c1cccnc1. The third-order valence-corrected chi connectivity index (χ3v) is 14.5. The largest absolute Gasteiger partial charge is 0.508 e. The predicted molar refractivity (Wildman–Crippen MR) is 302 cm³/mol. The first-order chi connectivity index (χ1) is 42.0. The number of hydrogen-bond donors (Lipinski definition) is 14. The van der Waals surface area contributed by atoms with E-state index in [0.717, 1.165) is 5.56 Å². The van der Waals surface area contributed by atoms with Gasteiger partial charge in [-0.1, -0.05) is 18.2 Å². The number of rotatable bonds is 15. The van der Waals surface area contributed by atoms with Gasteiger partial charge in [0.2, 0.25) is 5.91 Å². The van der Waals surface area contributed by atoms with Crippen LogP contribution in [0.25, 0.3) is 33.5 Å². The first-order valence-electron chi connectivity index (χ1n) is 26.6. The molecule has 0 bridgehead atoms. The van der Waals surface area contributed by atoms with Crippen LogP contribution in [0.3, 0.4) is 0 Å². The zero-order valence-corrected chi connectivity index (χ0v) is 45.8. The Morgan fingerprint density at radius 3 is 1.43 bits per heavy atom. The number of amides is 3. The molecule has 34 nitrogen and oxygen atoms in total. The number of aromatic hydroxyl groups is 1. The number of fused-ring (bicyclic) bond motifs is 3. The standard InChI is InChI=1S/C19H23N7O5.C18H20N6O5.C16H17N7O4/c20-11(5-9-1-3-10(28)4-2-9)18(30)25-13-15(29)12(6-27)31-19(13)26-8-24-14-16(21)22-7-23-17(14)26;1-28-10-4-2-3-9(5-10)17(27)23-12-14(26)11(6-25)29-18(12)24-8-22-13-15(19)20-7-21-16(13)24;17-13-11-14(20-6-19-13)23(7-21-11)16-10(12(25)9(5-24)27-16)22-15(26)8-2-1-3-18-4-8/h1-4,7-8,11-13,15,19,27-29H,5-6,20H2,(H,25,30)(H2,21,22,23);2-5,7-8,11-12,14,18,25-26H,6H2,1H3,(H,23,27)(H2,19,20,21);1-4,6-7,9-10,12,16,24-25H,5H2,(H,22,26)(H2,17,19,20)/t11?,12-,13+,15?,19-;11-,12+,14?,18-;9-,10+,12?,16-/m111/s1. The lowest BCUT2D eigenvalue weighted by molar-refractivity contribution is -0.124. The fourth-order valence-corrected chi connectivity index (χ4v) is 10.0. The summed E-state index contributed by atoms with van der Waals surface area (Å²) >= 11 is 0. The summed E-state index contributed by atoms with van der Waals surface area (Å²) in [6.45, 7) is -1.29. The van der Waals surface area contributed by atoms with Crippen molar-refractivity contribution in [2.24, 2.45) is 5.73 Å². The topological polar surface area (TPSA) is 514 Å². The van der Waals surface area contributed by atoms with Crippen LogP contribution in [0.1, 0.15) is 45.0 Å². The molecule has 7 aromatic heterocycles. The fourth-order valence-electron chi connectivity index (χ4n) is 10.0. The van der Waals surface area contributed by atoms with E-state index in [2.05, 4.69) is 65.8 Å². The van der Waals surface area contributed by atoms with Crippen LogP contribution in [0.15, 0.2) is 111 Å². The van der Waals surface area contributed by atoms with E-state index < -0.39 is 117 Å². The third kappa shape index (κ3) is 12.5. The highest BCUT2D eigenvalue weighted by molar-refractivity contribution is 5.95. The van der Waals surface area contributed by atoms with Crippen molar-refractivity contribution in [1.82, 2.24) is 79.5 Å². The van der Waals surface area contributed by atoms with E-state index >= 15 is 0 Å². The second kappa shape index (κ2) is 26.3. The van der Waals surface area contributed by atoms with Crippen LogP contribution in [0.5, 0.6) is 11.5 Å². The third-order valence-electron chi connectivity index (χ3n) is 14.5. The Bertz CT molecular complexity index is 3860. The normalized spacial score (nSPS) is 24.4. The maximum absolute atomic E-state index is 12.8. The zero-order valence-electron chi connectivity index (χ0n) is 45.8. The summed E-state index contributed by atoms with van der Waals surface area (Å²) in [5.74, 6) is -0.159. The van der Waals surface area contributed by atoms with E-state index in [9.17, 15) is 50.1 Å². The number of carbonyl (C=O) groups excluding carboxylic acids is 3. The molecule has 18 N–H and O–H groups in total.